The summed E-state index contributed by atoms with van der Waals surface area (Å²) in [6.07, 6.45) is 1.79. The third kappa shape index (κ3) is 4.91. The van der Waals surface area contributed by atoms with Crippen LogP contribution in [0.5, 0.6) is 11.5 Å². The minimum Gasteiger partial charge on any atom is -0.490 e. The lowest BCUT2D eigenvalue weighted by atomic mass is 9.72. The lowest BCUT2D eigenvalue weighted by molar-refractivity contribution is 0.0485. The van der Waals surface area contributed by atoms with Crippen LogP contribution < -0.4 is 14.8 Å². The topological polar surface area (TPSA) is 56.8 Å². The van der Waals surface area contributed by atoms with Crippen LogP contribution in [-0.4, -0.2) is 38.9 Å². The Kier molecular flexibility index (Phi) is 7.15. The first kappa shape index (κ1) is 21.2. The SMILES string of the molecule is CCOc1ccc(C(=O)NCC2(c3ccccc3C)CCOCC2)cc1OCC. The second-order valence-electron chi connectivity index (χ2n) is 7.42. The maximum absolute atomic E-state index is 12.9. The van der Waals surface area contributed by atoms with Crippen molar-refractivity contribution in [1.82, 2.24) is 5.32 Å². The molecule has 0 aliphatic carbocycles. The minimum atomic E-state index is -0.104. The number of nitrogens with one attached hydrogen (secondary N) is 1. The number of hydrogen-bond acceptors (Lipinski definition) is 4. The highest BCUT2D eigenvalue weighted by atomic mass is 16.5. The number of aryl methyl sites for hydroxylation is 1. The average molecular weight is 398 g/mol. The quantitative estimate of drug-likeness (QED) is 0.723. The summed E-state index contributed by atoms with van der Waals surface area (Å²) in [4.78, 5) is 12.9. The van der Waals surface area contributed by atoms with Gasteiger partial charge < -0.3 is 19.5 Å². The minimum absolute atomic E-state index is 0.103. The summed E-state index contributed by atoms with van der Waals surface area (Å²) in [5, 5.41) is 3.17. The van der Waals surface area contributed by atoms with Crippen LogP contribution >= 0.6 is 0 Å². The molecular weight excluding hydrogens is 366 g/mol. The monoisotopic (exact) mass is 397 g/mol. The van der Waals surface area contributed by atoms with Gasteiger partial charge in [-0.2, -0.15) is 0 Å². The highest BCUT2D eigenvalue weighted by Gasteiger charge is 2.36. The Morgan fingerprint density at radius 2 is 1.72 bits per heavy atom. The summed E-state index contributed by atoms with van der Waals surface area (Å²) in [6.45, 7) is 9.04. The molecule has 1 heterocycles. The third-order valence-corrected chi connectivity index (χ3v) is 5.56. The molecule has 1 fully saturated rings. The smallest absolute Gasteiger partial charge is 0.251 e. The van der Waals surface area contributed by atoms with Crippen molar-refractivity contribution in [2.24, 2.45) is 0 Å². The van der Waals surface area contributed by atoms with Gasteiger partial charge in [-0.25, -0.2) is 0 Å². The Morgan fingerprint density at radius 3 is 2.41 bits per heavy atom. The number of amides is 1. The van der Waals surface area contributed by atoms with Crippen LogP contribution in [0.25, 0.3) is 0 Å². The number of carbonyl (C=O) groups is 1. The largest absolute Gasteiger partial charge is 0.490 e. The van der Waals surface area contributed by atoms with Gasteiger partial charge >= 0.3 is 0 Å². The third-order valence-electron chi connectivity index (χ3n) is 5.56. The highest BCUT2D eigenvalue weighted by Crippen LogP contribution is 2.36. The number of hydrogen-bond donors (Lipinski definition) is 1. The van der Waals surface area contributed by atoms with E-state index in [1.807, 2.05) is 13.8 Å². The molecule has 0 spiro atoms. The van der Waals surface area contributed by atoms with Gasteiger partial charge in [0.1, 0.15) is 0 Å². The van der Waals surface area contributed by atoms with Crippen LogP contribution in [-0.2, 0) is 10.2 Å². The summed E-state index contributed by atoms with van der Waals surface area (Å²) in [5.41, 5.74) is 3.02. The summed E-state index contributed by atoms with van der Waals surface area (Å²) in [5.74, 6) is 1.15. The molecule has 0 bridgehead atoms. The molecule has 1 amide bonds. The van der Waals surface area contributed by atoms with Crippen molar-refractivity contribution in [3.63, 3.8) is 0 Å². The van der Waals surface area contributed by atoms with Gasteiger partial charge in [-0.05, 0) is 62.9 Å². The first-order valence-electron chi connectivity index (χ1n) is 10.4. The normalized spacial score (nSPS) is 15.6. The Labute approximate surface area is 173 Å². The first-order chi connectivity index (χ1) is 14.1. The van der Waals surface area contributed by atoms with E-state index in [1.165, 1.54) is 11.1 Å². The zero-order valence-electron chi connectivity index (χ0n) is 17.6. The van der Waals surface area contributed by atoms with E-state index in [-0.39, 0.29) is 11.3 Å². The molecule has 3 rings (SSSR count). The standard InChI is InChI=1S/C24H31NO4/c1-4-28-21-11-10-19(16-22(21)29-5-2)23(26)25-17-24(12-14-27-15-13-24)20-9-7-6-8-18(20)3/h6-11,16H,4-5,12-15,17H2,1-3H3,(H,25,26). The van der Waals surface area contributed by atoms with Gasteiger partial charge in [0.05, 0.1) is 13.2 Å². The van der Waals surface area contributed by atoms with Crippen LogP contribution in [0.1, 0.15) is 48.2 Å². The van der Waals surface area contributed by atoms with Crippen molar-refractivity contribution < 1.29 is 19.0 Å². The molecule has 0 atom stereocenters. The van der Waals surface area contributed by atoms with Crippen molar-refractivity contribution >= 4 is 5.91 Å². The van der Waals surface area contributed by atoms with Crippen molar-refractivity contribution in [1.29, 1.82) is 0 Å². The second-order valence-corrected chi connectivity index (χ2v) is 7.42. The molecule has 1 N–H and O–H groups in total. The summed E-state index contributed by atoms with van der Waals surface area (Å²) >= 11 is 0. The van der Waals surface area contributed by atoms with Crippen molar-refractivity contribution in [3.8, 4) is 11.5 Å². The van der Waals surface area contributed by atoms with Crippen molar-refractivity contribution in [2.75, 3.05) is 33.0 Å². The molecule has 1 aliphatic heterocycles. The Morgan fingerprint density at radius 1 is 1.03 bits per heavy atom. The van der Waals surface area contributed by atoms with Gasteiger partial charge in [-0.3, -0.25) is 4.79 Å². The maximum atomic E-state index is 12.9. The summed E-state index contributed by atoms with van der Waals surface area (Å²) < 4.78 is 16.9. The zero-order valence-corrected chi connectivity index (χ0v) is 17.6. The van der Waals surface area contributed by atoms with Crippen LogP contribution in [0.15, 0.2) is 42.5 Å². The molecule has 0 radical (unpaired) electrons. The molecule has 29 heavy (non-hydrogen) atoms. The number of carbonyl (C=O) groups excluding carboxylic acids is 1. The number of ether oxygens (including phenoxy) is 3. The van der Waals surface area contributed by atoms with Crippen LogP contribution in [0.4, 0.5) is 0 Å². The van der Waals surface area contributed by atoms with Gasteiger partial charge in [0.25, 0.3) is 5.91 Å². The molecule has 1 aliphatic rings. The van der Waals surface area contributed by atoms with Crippen LogP contribution in [0.2, 0.25) is 0 Å². The summed E-state index contributed by atoms with van der Waals surface area (Å²) in [6, 6.07) is 13.8. The fourth-order valence-corrected chi connectivity index (χ4v) is 4.02. The van der Waals surface area contributed by atoms with Crippen LogP contribution in [0.3, 0.4) is 0 Å². The molecule has 156 valence electrons. The molecule has 5 nitrogen and oxygen atoms in total. The van der Waals surface area contributed by atoms with Crippen LogP contribution in [0, 0.1) is 6.92 Å². The van der Waals surface area contributed by atoms with Crippen molar-refractivity contribution in [3.05, 3.63) is 59.2 Å². The molecule has 0 unspecified atom stereocenters. The lowest BCUT2D eigenvalue weighted by Crippen LogP contribution is -2.45. The number of rotatable bonds is 8. The van der Waals surface area contributed by atoms with E-state index in [2.05, 4.69) is 36.5 Å². The molecule has 0 aromatic heterocycles. The van der Waals surface area contributed by atoms with Gasteiger partial charge in [0.15, 0.2) is 11.5 Å². The summed E-state index contributed by atoms with van der Waals surface area (Å²) in [7, 11) is 0. The second kappa shape index (κ2) is 9.79. The molecule has 2 aromatic rings. The molecule has 0 saturated carbocycles. The van der Waals surface area contributed by atoms with E-state index in [9.17, 15) is 4.79 Å². The van der Waals surface area contributed by atoms with Gasteiger partial charge in [-0.15, -0.1) is 0 Å². The number of benzene rings is 2. The highest BCUT2D eigenvalue weighted by molar-refractivity contribution is 5.95. The Balaban J connectivity index is 1.79. The lowest BCUT2D eigenvalue weighted by Gasteiger charge is -2.39. The predicted octanol–water partition coefficient (Wildman–Crippen LogP) is 4.27. The first-order valence-corrected chi connectivity index (χ1v) is 10.4. The predicted molar refractivity (Wildman–Crippen MR) is 114 cm³/mol. The van der Waals surface area contributed by atoms with E-state index >= 15 is 0 Å². The van der Waals surface area contributed by atoms with E-state index in [0.29, 0.717) is 50.0 Å². The Bertz CT molecular complexity index is 827. The fraction of sp³-hybridized carbons (Fsp3) is 0.458. The van der Waals surface area contributed by atoms with E-state index in [4.69, 9.17) is 14.2 Å². The molecule has 1 saturated heterocycles. The van der Waals surface area contributed by atoms with E-state index in [0.717, 1.165) is 12.8 Å². The van der Waals surface area contributed by atoms with E-state index < -0.39 is 0 Å². The van der Waals surface area contributed by atoms with Gasteiger partial charge in [0, 0.05) is 30.7 Å². The molecular formula is C24H31NO4. The van der Waals surface area contributed by atoms with Gasteiger partial charge in [-0.1, -0.05) is 24.3 Å². The van der Waals surface area contributed by atoms with Crippen molar-refractivity contribution in [2.45, 2.75) is 39.0 Å². The maximum Gasteiger partial charge on any atom is 0.251 e. The average Bonchev–Trinajstić information content (AvgIpc) is 2.74. The van der Waals surface area contributed by atoms with Gasteiger partial charge in [0.2, 0.25) is 0 Å². The molecule has 5 heteroatoms. The zero-order chi connectivity index (χ0) is 20.7. The van der Waals surface area contributed by atoms with E-state index in [1.54, 1.807) is 18.2 Å². The fourth-order valence-electron chi connectivity index (χ4n) is 4.02. The molecule has 2 aromatic carbocycles. The Hall–Kier alpha value is -2.53.